The molecule has 4 heteroatoms. The van der Waals surface area contributed by atoms with E-state index in [1.54, 1.807) is 6.92 Å². The van der Waals surface area contributed by atoms with E-state index in [1.165, 1.54) is 0 Å². The maximum absolute atomic E-state index is 12.8. The summed E-state index contributed by atoms with van der Waals surface area (Å²) in [6.07, 6.45) is 0.522. The minimum Gasteiger partial charge on any atom is -0.463 e. The van der Waals surface area contributed by atoms with E-state index in [1.807, 2.05) is 0 Å². The summed E-state index contributed by atoms with van der Waals surface area (Å²) in [7, 11) is 0. The van der Waals surface area contributed by atoms with Crippen LogP contribution in [0.4, 0.5) is 4.39 Å². The van der Waals surface area contributed by atoms with Crippen LogP contribution in [0, 0.1) is 11.8 Å². The molecule has 0 aromatic heterocycles. The highest BCUT2D eigenvalue weighted by Crippen LogP contribution is 2.15. The van der Waals surface area contributed by atoms with Gasteiger partial charge in [0.05, 0.1) is 0 Å². The van der Waals surface area contributed by atoms with E-state index < -0.39 is 6.17 Å². The quantitative estimate of drug-likeness (QED) is 0.654. The number of carbonyl (C=O) groups excluding carboxylic acids is 1. The van der Waals surface area contributed by atoms with Gasteiger partial charge in [-0.1, -0.05) is 20.8 Å². The Morgan fingerprint density at radius 1 is 1.44 bits per heavy atom. The highest BCUT2D eigenvalue weighted by Gasteiger charge is 2.16. The molecule has 0 radical (unpaired) electrons. The second-order valence-corrected chi connectivity index (χ2v) is 4.62. The smallest absolute Gasteiger partial charge is 0.306 e. The predicted octanol–water partition coefficient (Wildman–Crippen LogP) is 2.29. The number of esters is 1. The van der Waals surface area contributed by atoms with Crippen molar-refractivity contribution < 1.29 is 13.9 Å². The third-order valence-electron chi connectivity index (χ3n) is 2.46. The zero-order valence-corrected chi connectivity index (χ0v) is 10.5. The first-order chi connectivity index (χ1) is 7.49. The van der Waals surface area contributed by atoms with E-state index in [9.17, 15) is 9.18 Å². The van der Waals surface area contributed by atoms with Crippen LogP contribution in [-0.2, 0) is 9.53 Å². The molecule has 0 spiro atoms. The van der Waals surface area contributed by atoms with Gasteiger partial charge < -0.3 is 10.5 Å². The first-order valence-electron chi connectivity index (χ1n) is 5.99. The van der Waals surface area contributed by atoms with Crippen LogP contribution in [0.2, 0.25) is 0 Å². The van der Waals surface area contributed by atoms with Crippen molar-refractivity contribution in [2.75, 3.05) is 13.2 Å². The van der Waals surface area contributed by atoms with E-state index in [2.05, 4.69) is 13.8 Å². The van der Waals surface area contributed by atoms with Gasteiger partial charge in [0.25, 0.3) is 0 Å². The van der Waals surface area contributed by atoms with Gasteiger partial charge in [-0.25, -0.2) is 4.39 Å². The Morgan fingerprint density at radius 3 is 2.50 bits per heavy atom. The van der Waals surface area contributed by atoms with Crippen molar-refractivity contribution in [1.29, 1.82) is 0 Å². The monoisotopic (exact) mass is 233 g/mol. The molecule has 0 amide bonds. The molecule has 0 aliphatic heterocycles. The molecule has 0 aromatic carbocycles. The summed E-state index contributed by atoms with van der Waals surface area (Å²) in [4.78, 5) is 11.4. The van der Waals surface area contributed by atoms with Crippen LogP contribution in [0.15, 0.2) is 0 Å². The van der Waals surface area contributed by atoms with Gasteiger partial charge in [-0.3, -0.25) is 4.79 Å². The molecule has 2 N–H and O–H groups in total. The number of hydrogen-bond acceptors (Lipinski definition) is 3. The van der Waals surface area contributed by atoms with Gasteiger partial charge in [0.1, 0.15) is 12.8 Å². The lowest BCUT2D eigenvalue weighted by Crippen LogP contribution is -2.22. The zero-order valence-electron chi connectivity index (χ0n) is 10.5. The largest absolute Gasteiger partial charge is 0.463 e. The number of hydrogen-bond donors (Lipinski definition) is 1. The lowest BCUT2D eigenvalue weighted by atomic mass is 9.94. The molecule has 3 nitrogen and oxygen atoms in total. The van der Waals surface area contributed by atoms with Crippen LogP contribution in [0.5, 0.6) is 0 Å². The minimum atomic E-state index is -1.05. The molecule has 0 bridgehead atoms. The molecule has 0 heterocycles. The molecule has 0 unspecified atom stereocenters. The Labute approximate surface area is 97.5 Å². The van der Waals surface area contributed by atoms with Crippen LogP contribution in [0.1, 0.15) is 40.0 Å². The molecule has 0 rings (SSSR count). The minimum absolute atomic E-state index is 0.131. The highest BCUT2D eigenvalue weighted by molar-refractivity contribution is 5.69. The van der Waals surface area contributed by atoms with E-state index in [0.717, 1.165) is 6.42 Å². The summed E-state index contributed by atoms with van der Waals surface area (Å²) < 4.78 is 17.7. The third kappa shape index (κ3) is 7.63. The van der Waals surface area contributed by atoms with Gasteiger partial charge in [0.15, 0.2) is 0 Å². The van der Waals surface area contributed by atoms with Crippen LogP contribution in [0.25, 0.3) is 0 Å². The standard InChI is InChI=1S/C12H24FNO2/c1-4-11(13)8-16-12(15)6-10(7-14)5-9(2)3/h9-11H,4-8,14H2,1-3H3/t10-,11-/m0/s1. The van der Waals surface area contributed by atoms with Crippen molar-refractivity contribution in [3.8, 4) is 0 Å². The van der Waals surface area contributed by atoms with E-state index in [4.69, 9.17) is 10.5 Å². The molecule has 0 fully saturated rings. The van der Waals surface area contributed by atoms with E-state index in [0.29, 0.717) is 25.3 Å². The van der Waals surface area contributed by atoms with Crippen LogP contribution in [-0.4, -0.2) is 25.3 Å². The normalized spacial score (nSPS) is 14.9. The van der Waals surface area contributed by atoms with Crippen molar-refractivity contribution in [3.05, 3.63) is 0 Å². The number of rotatable bonds is 8. The summed E-state index contributed by atoms with van der Waals surface area (Å²) in [6.45, 7) is 6.24. The predicted molar refractivity (Wildman–Crippen MR) is 62.8 cm³/mol. The van der Waals surface area contributed by atoms with Gasteiger partial charge in [-0.15, -0.1) is 0 Å². The number of carbonyl (C=O) groups is 1. The SMILES string of the molecule is CC[C@H](F)COC(=O)C[C@@H](CN)CC(C)C. The average Bonchev–Trinajstić information content (AvgIpc) is 2.24. The number of alkyl halides is 1. The number of ether oxygens (including phenoxy) is 1. The molecule has 0 saturated carbocycles. The molecule has 96 valence electrons. The van der Waals surface area contributed by atoms with Crippen molar-refractivity contribution in [2.45, 2.75) is 46.2 Å². The van der Waals surface area contributed by atoms with Crippen LogP contribution < -0.4 is 5.73 Å². The maximum atomic E-state index is 12.8. The van der Waals surface area contributed by atoms with Gasteiger partial charge in [-0.05, 0) is 31.2 Å². The summed E-state index contributed by atoms with van der Waals surface area (Å²) in [6, 6.07) is 0. The highest BCUT2D eigenvalue weighted by atomic mass is 19.1. The summed E-state index contributed by atoms with van der Waals surface area (Å²) in [5.41, 5.74) is 5.57. The average molecular weight is 233 g/mol. The maximum Gasteiger partial charge on any atom is 0.306 e. The molecular weight excluding hydrogens is 209 g/mol. The second kappa shape index (κ2) is 8.50. The lowest BCUT2D eigenvalue weighted by molar-refractivity contribution is -0.146. The van der Waals surface area contributed by atoms with Gasteiger partial charge in [0, 0.05) is 6.42 Å². The molecule has 0 saturated heterocycles. The van der Waals surface area contributed by atoms with Crippen molar-refractivity contribution in [1.82, 2.24) is 0 Å². The molecule has 0 aliphatic rings. The Balaban J connectivity index is 3.82. The molecular formula is C12H24FNO2. The lowest BCUT2D eigenvalue weighted by Gasteiger charge is -2.16. The Bertz CT molecular complexity index is 197. The molecule has 0 aromatic rings. The van der Waals surface area contributed by atoms with Crippen molar-refractivity contribution in [3.63, 3.8) is 0 Å². The fourth-order valence-corrected chi connectivity index (χ4v) is 1.53. The van der Waals surface area contributed by atoms with Crippen molar-refractivity contribution >= 4 is 5.97 Å². The Hall–Kier alpha value is -0.640. The van der Waals surface area contributed by atoms with E-state index >= 15 is 0 Å². The Kier molecular flexibility index (Phi) is 8.16. The summed E-state index contributed by atoms with van der Waals surface area (Å²) >= 11 is 0. The van der Waals surface area contributed by atoms with Gasteiger partial charge in [0.2, 0.25) is 0 Å². The fraction of sp³-hybridized carbons (Fsp3) is 0.917. The second-order valence-electron chi connectivity index (χ2n) is 4.62. The number of nitrogens with two attached hydrogens (primary N) is 1. The van der Waals surface area contributed by atoms with Crippen molar-refractivity contribution in [2.24, 2.45) is 17.6 Å². The molecule has 2 atom stereocenters. The molecule has 16 heavy (non-hydrogen) atoms. The Morgan fingerprint density at radius 2 is 2.06 bits per heavy atom. The van der Waals surface area contributed by atoms with Gasteiger partial charge in [-0.2, -0.15) is 0 Å². The van der Waals surface area contributed by atoms with E-state index in [-0.39, 0.29) is 18.5 Å². The fourth-order valence-electron chi connectivity index (χ4n) is 1.53. The molecule has 0 aliphatic carbocycles. The summed E-state index contributed by atoms with van der Waals surface area (Å²) in [5.74, 6) is 0.310. The zero-order chi connectivity index (χ0) is 12.6. The topological polar surface area (TPSA) is 52.3 Å². The van der Waals surface area contributed by atoms with Gasteiger partial charge >= 0.3 is 5.97 Å². The first kappa shape index (κ1) is 15.4. The third-order valence-corrected chi connectivity index (χ3v) is 2.46. The number of halogens is 1. The van der Waals surface area contributed by atoms with Crippen LogP contribution >= 0.6 is 0 Å². The summed E-state index contributed by atoms with van der Waals surface area (Å²) in [5, 5.41) is 0. The van der Waals surface area contributed by atoms with Crippen LogP contribution in [0.3, 0.4) is 0 Å². The first-order valence-corrected chi connectivity index (χ1v) is 5.99.